The number of carbonyl (C=O) groups excluding carboxylic acids is 1. The van der Waals surface area contributed by atoms with Gasteiger partial charge in [0.05, 0.1) is 18.6 Å². The smallest absolute Gasteiger partial charge is 0.260 e. The number of rotatable bonds is 6. The van der Waals surface area contributed by atoms with Crippen molar-refractivity contribution in [1.29, 1.82) is 0 Å². The largest absolute Gasteiger partial charge is 0.340 e. The number of amides is 1. The molecule has 2 fully saturated rings. The molecule has 8 nitrogen and oxygen atoms in total. The molecule has 36 heavy (non-hydrogen) atoms. The standard InChI is InChI=1S/C26H30ClN5O3S/c27-23-8-6-21(7-9-23)25(20-4-2-1-3-5-20)30-14-16-31(17-15-30)26(33)22-10-12-32(13-11-22)36(34,35)24-18-28-19-29-24/h1-9,18-19,22,25H,10-17H2,(H,28,29)/t25-/m1/s1. The SMILES string of the molecule is O=C(C1CCN(S(=O)(=O)c2cnc[nH]2)CC1)N1CCN([C@H](c2ccccc2)c2ccc(Cl)cc2)CC1. The van der Waals surface area contributed by atoms with Crippen molar-refractivity contribution in [2.24, 2.45) is 5.92 Å². The second kappa shape index (κ2) is 10.7. The summed E-state index contributed by atoms with van der Waals surface area (Å²) in [6.45, 7) is 3.52. The minimum atomic E-state index is -3.59. The first-order valence-electron chi connectivity index (χ1n) is 12.3. The number of hydrogen-bond acceptors (Lipinski definition) is 5. The molecule has 10 heteroatoms. The maximum atomic E-state index is 13.3. The number of H-pyrrole nitrogens is 1. The maximum Gasteiger partial charge on any atom is 0.260 e. The maximum absolute atomic E-state index is 13.3. The number of hydrogen-bond donors (Lipinski definition) is 1. The zero-order valence-corrected chi connectivity index (χ0v) is 21.5. The fourth-order valence-corrected chi connectivity index (χ4v) is 6.71. The van der Waals surface area contributed by atoms with Gasteiger partial charge in [-0.15, -0.1) is 0 Å². The number of nitrogens with one attached hydrogen (secondary N) is 1. The van der Waals surface area contributed by atoms with Crippen molar-refractivity contribution in [3.05, 3.63) is 83.3 Å². The molecule has 1 N–H and O–H groups in total. The van der Waals surface area contributed by atoms with E-state index in [2.05, 4.69) is 51.3 Å². The Kier molecular flexibility index (Phi) is 7.43. The molecule has 2 aliphatic heterocycles. The molecular formula is C26H30ClN5O3S. The highest BCUT2D eigenvalue weighted by Gasteiger charge is 2.36. The van der Waals surface area contributed by atoms with Gasteiger partial charge >= 0.3 is 0 Å². The number of carbonyl (C=O) groups is 1. The van der Waals surface area contributed by atoms with E-state index in [1.165, 1.54) is 28.0 Å². The van der Waals surface area contributed by atoms with E-state index in [-0.39, 0.29) is 22.9 Å². The number of aromatic amines is 1. The van der Waals surface area contributed by atoms with Crippen LogP contribution in [0.4, 0.5) is 0 Å². The predicted octanol–water partition coefficient (Wildman–Crippen LogP) is 3.40. The minimum Gasteiger partial charge on any atom is -0.340 e. The summed E-state index contributed by atoms with van der Waals surface area (Å²) >= 11 is 6.14. The number of benzene rings is 2. The summed E-state index contributed by atoms with van der Waals surface area (Å²) in [5.74, 6) is -0.0121. The normalized spacial score (nSPS) is 19.3. The van der Waals surface area contributed by atoms with Crippen molar-refractivity contribution in [3.63, 3.8) is 0 Å². The van der Waals surface area contributed by atoms with Crippen LogP contribution < -0.4 is 0 Å². The van der Waals surface area contributed by atoms with E-state index >= 15 is 0 Å². The Morgan fingerprint density at radius 1 is 0.917 bits per heavy atom. The van der Waals surface area contributed by atoms with Crippen LogP contribution in [0.2, 0.25) is 5.02 Å². The van der Waals surface area contributed by atoms with Crippen molar-refractivity contribution < 1.29 is 13.2 Å². The molecule has 3 aromatic rings. The van der Waals surface area contributed by atoms with Gasteiger partial charge in [0.25, 0.3) is 10.0 Å². The number of sulfonamides is 1. The third-order valence-electron chi connectivity index (χ3n) is 7.19. The van der Waals surface area contributed by atoms with Gasteiger partial charge in [-0.3, -0.25) is 9.69 Å². The van der Waals surface area contributed by atoms with Gasteiger partial charge in [-0.2, -0.15) is 4.31 Å². The fourth-order valence-electron chi connectivity index (χ4n) is 5.22. The van der Waals surface area contributed by atoms with Gasteiger partial charge in [0.1, 0.15) is 0 Å². The Balaban J connectivity index is 1.21. The lowest BCUT2D eigenvalue weighted by molar-refractivity contribution is -0.138. The van der Waals surface area contributed by atoms with Crippen LogP contribution in [0.5, 0.6) is 0 Å². The van der Waals surface area contributed by atoms with Crippen LogP contribution in [-0.4, -0.2) is 77.7 Å². The molecular weight excluding hydrogens is 498 g/mol. The quantitative estimate of drug-likeness (QED) is 0.530. The van der Waals surface area contributed by atoms with E-state index in [1.54, 1.807) is 0 Å². The molecule has 2 aromatic carbocycles. The average molecular weight is 528 g/mol. The number of piperazine rings is 1. The molecule has 2 aliphatic rings. The van der Waals surface area contributed by atoms with Crippen LogP contribution >= 0.6 is 11.6 Å². The zero-order chi connectivity index (χ0) is 25.1. The number of imidazole rings is 1. The van der Waals surface area contributed by atoms with Gasteiger partial charge in [-0.05, 0) is 36.1 Å². The number of nitrogens with zero attached hydrogens (tertiary/aromatic N) is 4. The summed E-state index contributed by atoms with van der Waals surface area (Å²) in [5, 5.41) is 0.807. The summed E-state index contributed by atoms with van der Waals surface area (Å²) in [7, 11) is -3.59. The first kappa shape index (κ1) is 25.0. The highest BCUT2D eigenvalue weighted by Crippen LogP contribution is 2.31. The molecule has 5 rings (SSSR count). The number of aromatic nitrogens is 2. The van der Waals surface area contributed by atoms with Gasteiger partial charge in [-0.1, -0.05) is 54.1 Å². The molecule has 1 atom stereocenters. The second-order valence-corrected chi connectivity index (χ2v) is 11.7. The molecule has 0 radical (unpaired) electrons. The van der Waals surface area contributed by atoms with Gasteiger partial charge in [0, 0.05) is 50.2 Å². The lowest BCUT2D eigenvalue weighted by atomic mass is 9.95. The third kappa shape index (κ3) is 5.20. The van der Waals surface area contributed by atoms with E-state index in [9.17, 15) is 13.2 Å². The summed E-state index contributed by atoms with van der Waals surface area (Å²) in [6.07, 6.45) is 3.74. The lowest BCUT2D eigenvalue weighted by Crippen LogP contribution is -2.52. The highest BCUT2D eigenvalue weighted by atomic mass is 35.5. The van der Waals surface area contributed by atoms with E-state index in [0.717, 1.165) is 13.1 Å². The van der Waals surface area contributed by atoms with E-state index in [4.69, 9.17) is 11.6 Å². The topological polar surface area (TPSA) is 89.6 Å². The van der Waals surface area contributed by atoms with Crippen molar-refractivity contribution in [1.82, 2.24) is 24.1 Å². The van der Waals surface area contributed by atoms with Gasteiger partial charge in [0.15, 0.2) is 5.03 Å². The van der Waals surface area contributed by atoms with Crippen LogP contribution in [0.1, 0.15) is 30.0 Å². The third-order valence-corrected chi connectivity index (χ3v) is 9.26. The molecule has 0 saturated carbocycles. The summed E-state index contributed by atoms with van der Waals surface area (Å²) in [5.41, 5.74) is 2.39. The average Bonchev–Trinajstić information content (AvgIpc) is 3.47. The molecule has 0 spiro atoms. The summed E-state index contributed by atoms with van der Waals surface area (Å²) in [4.78, 5) is 24.2. The molecule has 0 aliphatic carbocycles. The Bertz CT molecular complexity index is 1250. The predicted molar refractivity (Wildman–Crippen MR) is 138 cm³/mol. The fraction of sp³-hybridized carbons (Fsp3) is 0.385. The van der Waals surface area contributed by atoms with Gasteiger partial charge < -0.3 is 9.88 Å². The lowest BCUT2D eigenvalue weighted by Gasteiger charge is -2.41. The molecule has 0 bridgehead atoms. The van der Waals surface area contributed by atoms with E-state index in [1.807, 2.05) is 23.1 Å². The molecule has 1 aromatic heterocycles. The second-order valence-electron chi connectivity index (χ2n) is 9.32. The Labute approximate surface area is 216 Å². The summed E-state index contributed by atoms with van der Waals surface area (Å²) < 4.78 is 26.9. The van der Waals surface area contributed by atoms with Crippen LogP contribution in [0.15, 0.2) is 72.1 Å². The minimum absolute atomic E-state index is 0.0941. The molecule has 2 saturated heterocycles. The van der Waals surface area contributed by atoms with Crippen molar-refractivity contribution in [3.8, 4) is 0 Å². The number of halogens is 1. The monoisotopic (exact) mass is 527 g/mol. The molecule has 1 amide bonds. The van der Waals surface area contributed by atoms with Crippen LogP contribution in [0.3, 0.4) is 0 Å². The van der Waals surface area contributed by atoms with Crippen molar-refractivity contribution >= 4 is 27.5 Å². The Hall–Kier alpha value is -2.72. The van der Waals surface area contributed by atoms with Crippen LogP contribution in [0, 0.1) is 5.92 Å². The Morgan fingerprint density at radius 3 is 2.17 bits per heavy atom. The van der Waals surface area contributed by atoms with E-state index < -0.39 is 10.0 Å². The number of piperidine rings is 1. The molecule has 190 valence electrons. The van der Waals surface area contributed by atoms with Crippen molar-refractivity contribution in [2.75, 3.05) is 39.3 Å². The van der Waals surface area contributed by atoms with Crippen molar-refractivity contribution in [2.45, 2.75) is 23.9 Å². The highest BCUT2D eigenvalue weighted by molar-refractivity contribution is 7.89. The zero-order valence-electron chi connectivity index (χ0n) is 20.0. The van der Waals surface area contributed by atoms with E-state index in [0.29, 0.717) is 44.0 Å². The summed E-state index contributed by atoms with van der Waals surface area (Å²) in [6, 6.07) is 18.5. The molecule has 3 heterocycles. The van der Waals surface area contributed by atoms with Crippen LogP contribution in [0.25, 0.3) is 0 Å². The van der Waals surface area contributed by atoms with Crippen LogP contribution in [-0.2, 0) is 14.8 Å². The van der Waals surface area contributed by atoms with Gasteiger partial charge in [-0.25, -0.2) is 13.4 Å². The molecule has 0 unspecified atom stereocenters. The first-order valence-corrected chi connectivity index (χ1v) is 14.1. The Morgan fingerprint density at radius 2 is 1.56 bits per heavy atom. The first-order chi connectivity index (χ1) is 17.4. The van der Waals surface area contributed by atoms with Gasteiger partial charge in [0.2, 0.25) is 5.91 Å².